The Kier molecular flexibility index (Phi) is 4.98. The summed E-state index contributed by atoms with van der Waals surface area (Å²) in [7, 11) is 0. The molecule has 2 aliphatic heterocycles. The molecule has 0 atom stereocenters. The molecular weight excluding hydrogens is 400 g/mol. The van der Waals surface area contributed by atoms with Gasteiger partial charge in [0.15, 0.2) is 0 Å². The summed E-state index contributed by atoms with van der Waals surface area (Å²) >= 11 is 1.35. The molecule has 1 fully saturated rings. The van der Waals surface area contributed by atoms with Gasteiger partial charge >= 0.3 is 0 Å². The first-order valence-corrected chi connectivity index (χ1v) is 10.7. The predicted molar refractivity (Wildman–Crippen MR) is 114 cm³/mol. The first-order valence-electron chi connectivity index (χ1n) is 9.83. The summed E-state index contributed by atoms with van der Waals surface area (Å²) in [6.45, 7) is 2.19. The fraction of sp³-hybridized carbons (Fsp3) is 0.217. The third-order valence-corrected chi connectivity index (χ3v) is 6.20. The van der Waals surface area contributed by atoms with Crippen molar-refractivity contribution in [1.82, 2.24) is 4.90 Å². The summed E-state index contributed by atoms with van der Waals surface area (Å²) in [5.41, 5.74) is 2.14. The molecule has 1 N–H and O–H groups in total. The summed E-state index contributed by atoms with van der Waals surface area (Å²) in [6.07, 6.45) is 0. The molecular formula is C23H20N2O4S. The van der Waals surface area contributed by atoms with Gasteiger partial charge < -0.3 is 19.7 Å². The highest BCUT2D eigenvalue weighted by molar-refractivity contribution is 7.14. The molecule has 5 rings (SSSR count). The molecule has 0 bridgehead atoms. The van der Waals surface area contributed by atoms with Crippen molar-refractivity contribution in [2.24, 2.45) is 0 Å². The summed E-state index contributed by atoms with van der Waals surface area (Å²) in [6, 6.07) is 16.9. The topological polar surface area (TPSA) is 67.9 Å². The van der Waals surface area contributed by atoms with E-state index in [0.717, 1.165) is 11.1 Å². The van der Waals surface area contributed by atoms with Crippen molar-refractivity contribution < 1.29 is 19.1 Å². The van der Waals surface area contributed by atoms with Gasteiger partial charge in [-0.2, -0.15) is 0 Å². The maximum absolute atomic E-state index is 13.4. The van der Waals surface area contributed by atoms with Crippen LogP contribution >= 0.6 is 11.3 Å². The van der Waals surface area contributed by atoms with Gasteiger partial charge in [0.25, 0.3) is 5.91 Å². The third kappa shape index (κ3) is 3.36. The van der Waals surface area contributed by atoms with Crippen LogP contribution in [0.25, 0.3) is 0 Å². The maximum atomic E-state index is 13.4. The molecule has 1 saturated heterocycles. The van der Waals surface area contributed by atoms with Crippen molar-refractivity contribution in [3.05, 3.63) is 76.7 Å². The Balaban J connectivity index is 1.45. The van der Waals surface area contributed by atoms with Crippen molar-refractivity contribution in [1.29, 1.82) is 0 Å². The molecule has 0 saturated carbocycles. The number of thiophene rings is 1. The van der Waals surface area contributed by atoms with Crippen molar-refractivity contribution in [3.8, 4) is 11.5 Å². The zero-order valence-electron chi connectivity index (χ0n) is 16.2. The van der Waals surface area contributed by atoms with E-state index in [1.165, 1.54) is 11.3 Å². The average molecular weight is 420 g/mol. The van der Waals surface area contributed by atoms with Crippen LogP contribution in [-0.4, -0.2) is 43.0 Å². The van der Waals surface area contributed by atoms with Gasteiger partial charge in [-0.15, -0.1) is 11.3 Å². The third-order valence-electron chi connectivity index (χ3n) is 5.37. The second-order valence-corrected chi connectivity index (χ2v) is 8.08. The number of fused-ring (bicyclic) bond motifs is 2. The number of benzene rings is 2. The van der Waals surface area contributed by atoms with Crippen molar-refractivity contribution in [2.45, 2.75) is 5.92 Å². The van der Waals surface area contributed by atoms with Crippen LogP contribution in [0.2, 0.25) is 0 Å². The molecule has 0 spiro atoms. The van der Waals surface area contributed by atoms with Gasteiger partial charge in [0.2, 0.25) is 5.91 Å². The fourth-order valence-corrected chi connectivity index (χ4v) is 4.67. The standard InChI is InChI=1S/C23H20N2O4S/c26-21(24-22-17(9-14-30-22)23(27)25-10-12-28-13-11-25)20-15-5-1-3-7-18(15)29-19-8-4-2-6-16(19)20/h1-9,14,20H,10-13H2,(H,24,26). The number of hydrogen-bond acceptors (Lipinski definition) is 5. The van der Waals surface area contributed by atoms with E-state index in [2.05, 4.69) is 5.32 Å². The molecule has 2 amide bonds. The second kappa shape index (κ2) is 7.93. The molecule has 3 aromatic rings. The first kappa shape index (κ1) is 18.8. The van der Waals surface area contributed by atoms with E-state index in [9.17, 15) is 9.59 Å². The summed E-state index contributed by atoms with van der Waals surface area (Å²) in [5.74, 6) is 0.568. The largest absolute Gasteiger partial charge is 0.457 e. The highest BCUT2D eigenvalue weighted by atomic mass is 32.1. The SMILES string of the molecule is O=C(Nc1sccc1C(=O)N1CCOCC1)C1c2ccccc2Oc2ccccc21. The molecule has 7 heteroatoms. The van der Waals surface area contributed by atoms with Crippen LogP contribution < -0.4 is 10.1 Å². The quantitative estimate of drug-likeness (QED) is 0.693. The van der Waals surface area contributed by atoms with E-state index in [1.807, 2.05) is 53.9 Å². The van der Waals surface area contributed by atoms with Gasteiger partial charge in [-0.1, -0.05) is 36.4 Å². The molecule has 152 valence electrons. The Labute approximate surface area is 178 Å². The lowest BCUT2D eigenvalue weighted by Gasteiger charge is -2.28. The molecule has 3 heterocycles. The normalized spacial score (nSPS) is 15.7. The van der Waals surface area contributed by atoms with E-state index in [1.54, 1.807) is 11.0 Å². The molecule has 6 nitrogen and oxygen atoms in total. The number of hydrogen-bond donors (Lipinski definition) is 1. The van der Waals surface area contributed by atoms with Gasteiger partial charge in [0, 0.05) is 24.2 Å². The van der Waals surface area contributed by atoms with Gasteiger partial charge in [-0.05, 0) is 23.6 Å². The molecule has 1 aromatic heterocycles. The molecule has 0 aliphatic carbocycles. The lowest BCUT2D eigenvalue weighted by atomic mass is 9.87. The van der Waals surface area contributed by atoms with Crippen LogP contribution in [0.3, 0.4) is 0 Å². The Bertz CT molecular complexity index is 1060. The van der Waals surface area contributed by atoms with E-state index < -0.39 is 5.92 Å². The Morgan fingerprint density at radius 3 is 2.23 bits per heavy atom. The van der Waals surface area contributed by atoms with E-state index in [4.69, 9.17) is 9.47 Å². The number of para-hydroxylation sites is 2. The summed E-state index contributed by atoms with van der Waals surface area (Å²) in [5, 5.41) is 5.40. The van der Waals surface area contributed by atoms with Crippen LogP contribution in [0.15, 0.2) is 60.0 Å². The number of nitrogens with one attached hydrogen (secondary N) is 1. The van der Waals surface area contributed by atoms with E-state index >= 15 is 0 Å². The van der Waals surface area contributed by atoms with Crippen molar-refractivity contribution >= 4 is 28.2 Å². The summed E-state index contributed by atoms with van der Waals surface area (Å²) < 4.78 is 11.3. The molecule has 0 unspecified atom stereocenters. The maximum Gasteiger partial charge on any atom is 0.257 e. The number of anilines is 1. The predicted octanol–water partition coefficient (Wildman–Crippen LogP) is 4.10. The molecule has 2 aromatic carbocycles. The smallest absolute Gasteiger partial charge is 0.257 e. The van der Waals surface area contributed by atoms with Gasteiger partial charge in [-0.3, -0.25) is 9.59 Å². The number of rotatable bonds is 3. The number of morpholine rings is 1. The van der Waals surface area contributed by atoms with Crippen LogP contribution in [0.4, 0.5) is 5.00 Å². The van der Waals surface area contributed by atoms with E-state index in [-0.39, 0.29) is 11.8 Å². The number of amides is 2. The minimum atomic E-state index is -0.514. The Hall–Kier alpha value is -3.16. The second-order valence-electron chi connectivity index (χ2n) is 7.17. The minimum Gasteiger partial charge on any atom is -0.457 e. The number of ether oxygens (including phenoxy) is 2. The monoisotopic (exact) mass is 420 g/mol. The van der Waals surface area contributed by atoms with Gasteiger partial charge in [0.1, 0.15) is 16.5 Å². The van der Waals surface area contributed by atoms with Crippen LogP contribution in [0.5, 0.6) is 11.5 Å². The zero-order valence-corrected chi connectivity index (χ0v) is 17.0. The number of carbonyl (C=O) groups excluding carboxylic acids is 2. The van der Waals surface area contributed by atoms with Crippen molar-refractivity contribution in [2.75, 3.05) is 31.6 Å². The zero-order chi connectivity index (χ0) is 20.5. The van der Waals surface area contributed by atoms with Gasteiger partial charge in [-0.25, -0.2) is 0 Å². The number of carbonyl (C=O) groups is 2. The Morgan fingerprint density at radius 1 is 0.933 bits per heavy atom. The average Bonchev–Trinajstić information content (AvgIpc) is 3.25. The highest BCUT2D eigenvalue weighted by Crippen LogP contribution is 2.44. The fourth-order valence-electron chi connectivity index (χ4n) is 3.89. The highest BCUT2D eigenvalue weighted by Gasteiger charge is 2.33. The van der Waals surface area contributed by atoms with Crippen LogP contribution in [-0.2, 0) is 9.53 Å². The minimum absolute atomic E-state index is 0.0809. The Morgan fingerprint density at radius 2 is 1.57 bits per heavy atom. The number of nitrogens with zero attached hydrogens (tertiary/aromatic N) is 1. The lowest BCUT2D eigenvalue weighted by molar-refractivity contribution is -0.116. The molecule has 0 radical (unpaired) electrons. The lowest BCUT2D eigenvalue weighted by Crippen LogP contribution is -2.40. The summed E-state index contributed by atoms with van der Waals surface area (Å²) in [4.78, 5) is 28.1. The van der Waals surface area contributed by atoms with Gasteiger partial charge in [0.05, 0.1) is 24.7 Å². The van der Waals surface area contributed by atoms with Crippen molar-refractivity contribution in [3.63, 3.8) is 0 Å². The molecule has 30 heavy (non-hydrogen) atoms. The van der Waals surface area contributed by atoms with Crippen LogP contribution in [0.1, 0.15) is 27.4 Å². The van der Waals surface area contributed by atoms with Crippen LogP contribution in [0, 0.1) is 0 Å². The molecule has 2 aliphatic rings. The first-order chi connectivity index (χ1) is 14.7. The van der Waals surface area contributed by atoms with E-state index in [0.29, 0.717) is 48.4 Å².